The van der Waals surface area contributed by atoms with Gasteiger partial charge in [0.15, 0.2) is 12.4 Å². The number of carbonyl (C=O) groups excluding carboxylic acids is 2. The van der Waals surface area contributed by atoms with Crippen LogP contribution in [0.4, 0.5) is 0 Å². The number of aryl methyl sites for hydroxylation is 2. The quantitative estimate of drug-likeness (QED) is 0.424. The zero-order valence-corrected chi connectivity index (χ0v) is 14.8. The molecule has 3 nitrogen and oxygen atoms in total. The number of ketones is 1. The minimum Gasteiger partial charge on any atom is -0.454 e. The first-order valence-electron chi connectivity index (χ1n) is 7.27. The first-order chi connectivity index (χ1) is 11.4. The Morgan fingerprint density at radius 2 is 1.79 bits per heavy atom. The SMILES string of the molecule is Cc1ccc(C(=O)COC(=O)/C=C/c2ccc(Cl)cc2Cl)cc1C. The lowest BCUT2D eigenvalue weighted by Crippen LogP contribution is -2.12. The van der Waals surface area contributed by atoms with Gasteiger partial charge in [-0.2, -0.15) is 0 Å². The van der Waals surface area contributed by atoms with Crippen molar-refractivity contribution in [2.24, 2.45) is 0 Å². The summed E-state index contributed by atoms with van der Waals surface area (Å²) in [5, 5.41) is 0.941. The molecule has 0 aliphatic rings. The van der Waals surface area contributed by atoms with E-state index in [1.165, 1.54) is 12.2 Å². The van der Waals surface area contributed by atoms with Crippen LogP contribution in [0, 0.1) is 13.8 Å². The Hall–Kier alpha value is -2.10. The molecule has 0 heterocycles. The van der Waals surface area contributed by atoms with E-state index >= 15 is 0 Å². The maximum absolute atomic E-state index is 12.0. The first-order valence-corrected chi connectivity index (χ1v) is 8.03. The summed E-state index contributed by atoms with van der Waals surface area (Å²) in [7, 11) is 0. The van der Waals surface area contributed by atoms with E-state index in [0.29, 0.717) is 21.2 Å². The van der Waals surface area contributed by atoms with E-state index in [2.05, 4.69) is 0 Å². The van der Waals surface area contributed by atoms with E-state index in [4.69, 9.17) is 27.9 Å². The van der Waals surface area contributed by atoms with E-state index in [1.54, 1.807) is 30.3 Å². The fourth-order valence-corrected chi connectivity index (χ4v) is 2.45. The second-order valence-electron chi connectivity index (χ2n) is 5.33. The predicted octanol–water partition coefficient (Wildman–Crippen LogP) is 5.05. The van der Waals surface area contributed by atoms with Crippen molar-refractivity contribution in [3.8, 4) is 0 Å². The van der Waals surface area contributed by atoms with E-state index in [0.717, 1.165) is 11.1 Å². The Labute approximate surface area is 150 Å². The Morgan fingerprint density at radius 3 is 2.46 bits per heavy atom. The molecule has 5 heteroatoms. The molecular weight excluding hydrogens is 347 g/mol. The minimum absolute atomic E-state index is 0.246. The van der Waals surface area contributed by atoms with Gasteiger partial charge in [0.1, 0.15) is 0 Å². The third-order valence-electron chi connectivity index (χ3n) is 3.54. The van der Waals surface area contributed by atoms with E-state index in [-0.39, 0.29) is 12.4 Å². The first kappa shape index (κ1) is 18.2. The summed E-state index contributed by atoms with van der Waals surface area (Å²) in [5.41, 5.74) is 3.28. The van der Waals surface area contributed by atoms with Crippen LogP contribution in [0.15, 0.2) is 42.5 Å². The molecule has 0 radical (unpaired) electrons. The van der Waals surface area contributed by atoms with E-state index < -0.39 is 5.97 Å². The van der Waals surface area contributed by atoms with E-state index in [9.17, 15) is 9.59 Å². The highest BCUT2D eigenvalue weighted by Crippen LogP contribution is 2.22. The van der Waals surface area contributed by atoms with Crippen LogP contribution in [-0.4, -0.2) is 18.4 Å². The maximum atomic E-state index is 12.0. The number of benzene rings is 2. The average Bonchev–Trinajstić information content (AvgIpc) is 2.54. The normalized spacial score (nSPS) is 10.8. The molecule has 0 spiro atoms. The summed E-state index contributed by atoms with van der Waals surface area (Å²) in [6, 6.07) is 10.3. The topological polar surface area (TPSA) is 43.4 Å². The second-order valence-corrected chi connectivity index (χ2v) is 6.17. The van der Waals surface area contributed by atoms with Gasteiger partial charge >= 0.3 is 5.97 Å². The molecule has 0 aliphatic carbocycles. The van der Waals surface area contributed by atoms with Crippen molar-refractivity contribution >= 4 is 41.0 Å². The number of hydrogen-bond acceptors (Lipinski definition) is 3. The number of rotatable bonds is 5. The van der Waals surface area contributed by atoms with Gasteiger partial charge in [0.25, 0.3) is 0 Å². The van der Waals surface area contributed by atoms with Gasteiger partial charge in [0, 0.05) is 21.7 Å². The fraction of sp³-hybridized carbons (Fsp3) is 0.158. The standard InChI is InChI=1S/C19H16Cl2O3/c1-12-3-4-15(9-13(12)2)18(22)11-24-19(23)8-6-14-5-7-16(20)10-17(14)21/h3-10H,11H2,1-2H3/b8-6+. The highest BCUT2D eigenvalue weighted by atomic mass is 35.5. The molecule has 0 N–H and O–H groups in total. The van der Waals surface area contributed by atoms with Gasteiger partial charge in [0.2, 0.25) is 0 Å². The maximum Gasteiger partial charge on any atom is 0.331 e. The van der Waals surface area contributed by atoms with Crippen LogP contribution in [0.3, 0.4) is 0 Å². The van der Waals surface area contributed by atoms with Crippen molar-refractivity contribution in [2.75, 3.05) is 6.61 Å². The molecule has 0 fully saturated rings. The van der Waals surface area contributed by atoms with Crippen LogP contribution in [-0.2, 0) is 9.53 Å². The lowest BCUT2D eigenvalue weighted by molar-refractivity contribution is -0.136. The average molecular weight is 363 g/mol. The molecule has 2 aromatic rings. The molecule has 2 aromatic carbocycles. The van der Waals surface area contributed by atoms with Crippen molar-refractivity contribution < 1.29 is 14.3 Å². The number of Topliss-reactive ketones (excluding diaryl/α,β-unsaturated/α-hetero) is 1. The second kappa shape index (κ2) is 8.13. The molecular formula is C19H16Cl2O3. The lowest BCUT2D eigenvalue weighted by Gasteiger charge is -2.05. The number of hydrogen-bond donors (Lipinski definition) is 0. The van der Waals surface area contributed by atoms with Crippen LogP contribution >= 0.6 is 23.2 Å². The highest BCUT2D eigenvalue weighted by molar-refractivity contribution is 6.35. The van der Waals surface area contributed by atoms with Gasteiger partial charge in [-0.05, 0) is 54.8 Å². The molecule has 0 saturated carbocycles. The molecule has 0 unspecified atom stereocenters. The summed E-state index contributed by atoms with van der Waals surface area (Å²) in [5.74, 6) is -0.859. The summed E-state index contributed by atoms with van der Waals surface area (Å²) in [6.07, 6.45) is 2.74. The van der Waals surface area contributed by atoms with Gasteiger partial charge in [-0.3, -0.25) is 4.79 Å². The van der Waals surface area contributed by atoms with E-state index in [1.807, 2.05) is 19.9 Å². The Bertz CT molecular complexity index is 810. The molecule has 0 saturated heterocycles. The molecule has 0 atom stereocenters. The molecule has 0 amide bonds. The monoisotopic (exact) mass is 362 g/mol. The molecule has 124 valence electrons. The molecule has 0 bridgehead atoms. The predicted molar refractivity (Wildman–Crippen MR) is 96.7 cm³/mol. The summed E-state index contributed by atoms with van der Waals surface area (Å²) in [4.78, 5) is 23.8. The summed E-state index contributed by atoms with van der Waals surface area (Å²) in [6.45, 7) is 3.59. The van der Waals surface area contributed by atoms with Gasteiger partial charge in [-0.15, -0.1) is 0 Å². The Balaban J connectivity index is 1.93. The van der Waals surface area contributed by atoms with Gasteiger partial charge in [0.05, 0.1) is 0 Å². The van der Waals surface area contributed by atoms with Gasteiger partial charge < -0.3 is 4.74 Å². The number of esters is 1. The summed E-state index contributed by atoms with van der Waals surface area (Å²) < 4.78 is 4.97. The van der Waals surface area contributed by atoms with Crippen LogP contribution in [0.25, 0.3) is 6.08 Å². The van der Waals surface area contributed by atoms with Crippen molar-refractivity contribution in [1.82, 2.24) is 0 Å². The van der Waals surface area contributed by atoms with Gasteiger partial charge in [-0.25, -0.2) is 4.79 Å². The minimum atomic E-state index is -0.613. The van der Waals surface area contributed by atoms with Crippen LogP contribution in [0.1, 0.15) is 27.0 Å². The number of ether oxygens (including phenoxy) is 1. The zero-order chi connectivity index (χ0) is 17.7. The van der Waals surface area contributed by atoms with Crippen molar-refractivity contribution in [3.05, 3.63) is 74.8 Å². The van der Waals surface area contributed by atoms with Crippen molar-refractivity contribution in [3.63, 3.8) is 0 Å². The Kier molecular flexibility index (Phi) is 6.18. The van der Waals surface area contributed by atoms with Crippen LogP contribution < -0.4 is 0 Å². The van der Waals surface area contributed by atoms with Crippen molar-refractivity contribution in [1.29, 1.82) is 0 Å². The Morgan fingerprint density at radius 1 is 1.04 bits per heavy atom. The molecule has 24 heavy (non-hydrogen) atoms. The zero-order valence-electron chi connectivity index (χ0n) is 13.3. The number of carbonyl (C=O) groups is 2. The largest absolute Gasteiger partial charge is 0.454 e. The third kappa shape index (κ3) is 4.95. The highest BCUT2D eigenvalue weighted by Gasteiger charge is 2.09. The van der Waals surface area contributed by atoms with Crippen molar-refractivity contribution in [2.45, 2.75) is 13.8 Å². The third-order valence-corrected chi connectivity index (χ3v) is 4.10. The molecule has 0 aromatic heterocycles. The number of halogens is 2. The lowest BCUT2D eigenvalue weighted by atomic mass is 10.0. The van der Waals surface area contributed by atoms with Gasteiger partial charge in [-0.1, -0.05) is 41.4 Å². The smallest absolute Gasteiger partial charge is 0.331 e. The van der Waals surface area contributed by atoms with Crippen LogP contribution in [0.5, 0.6) is 0 Å². The summed E-state index contributed by atoms with van der Waals surface area (Å²) >= 11 is 11.8. The van der Waals surface area contributed by atoms with Crippen LogP contribution in [0.2, 0.25) is 10.0 Å². The molecule has 2 rings (SSSR count). The fourth-order valence-electron chi connectivity index (χ4n) is 1.98. The molecule has 0 aliphatic heterocycles.